The summed E-state index contributed by atoms with van der Waals surface area (Å²) in [5.74, 6) is 1.66. The van der Waals surface area contributed by atoms with E-state index < -0.39 is 9.85 Å². The van der Waals surface area contributed by atoms with E-state index >= 15 is 0 Å². The molecule has 232 valence electrons. The summed E-state index contributed by atoms with van der Waals surface area (Å²) in [6.07, 6.45) is 0. The first-order valence-electron chi connectivity index (χ1n) is 11.8. The van der Waals surface area contributed by atoms with Crippen molar-refractivity contribution in [3.63, 3.8) is 0 Å². The average Bonchev–Trinajstić information content (AvgIpc) is 2.98. The average molecular weight is 731 g/mol. The summed E-state index contributed by atoms with van der Waals surface area (Å²) in [6.45, 7) is 1.84. The number of aryl methyl sites for hydroxylation is 1. The van der Waals surface area contributed by atoms with E-state index in [2.05, 4.69) is 22.6 Å². The fraction of sp³-hybridized carbons (Fsp3) is 0.200. The highest BCUT2D eigenvalue weighted by atomic mass is 127. The minimum Gasteiger partial charge on any atom is -0.496 e. The molecule has 4 rings (SSSR count). The van der Waals surface area contributed by atoms with Gasteiger partial charge in [0.2, 0.25) is 0 Å². The van der Waals surface area contributed by atoms with Crippen LogP contribution < -0.4 is 18.9 Å². The van der Waals surface area contributed by atoms with Crippen LogP contribution in [0.3, 0.4) is 0 Å². The van der Waals surface area contributed by atoms with Crippen molar-refractivity contribution in [2.24, 2.45) is 0 Å². The number of benzene rings is 4. The Kier molecular flexibility index (Phi) is 18.7. The molecule has 0 unspecified atom stereocenters. The molecule has 0 aliphatic rings. The summed E-state index contributed by atoms with van der Waals surface area (Å²) < 4.78 is 33.2. The lowest BCUT2D eigenvalue weighted by Gasteiger charge is -2.00. The summed E-state index contributed by atoms with van der Waals surface area (Å²) >= 11 is 7.88. The van der Waals surface area contributed by atoms with Crippen molar-refractivity contribution >= 4 is 45.6 Å². The van der Waals surface area contributed by atoms with Crippen LogP contribution in [0.25, 0.3) is 0 Å². The molecule has 0 aromatic heterocycles. The Bertz CT molecular complexity index is 1460. The van der Waals surface area contributed by atoms with Gasteiger partial charge >= 0.3 is 5.69 Å². The second kappa shape index (κ2) is 20.7. The summed E-state index contributed by atoms with van der Waals surface area (Å²) in [7, 11) is 5.99. The van der Waals surface area contributed by atoms with Gasteiger partial charge in [-0.25, -0.2) is 4.39 Å². The predicted octanol–water partition coefficient (Wildman–Crippen LogP) is 8.94. The van der Waals surface area contributed by atoms with Crippen molar-refractivity contribution in [3.8, 4) is 23.0 Å². The maximum absolute atomic E-state index is 12.7. The Morgan fingerprint density at radius 1 is 0.698 bits per heavy atom. The summed E-state index contributed by atoms with van der Waals surface area (Å²) in [6, 6.07) is 23.1. The number of ether oxygens (including phenoxy) is 4. The van der Waals surface area contributed by atoms with E-state index in [9.17, 15) is 24.6 Å². The van der Waals surface area contributed by atoms with Gasteiger partial charge in [0.1, 0.15) is 11.5 Å². The number of halogens is 3. The van der Waals surface area contributed by atoms with E-state index in [1.54, 1.807) is 31.4 Å². The van der Waals surface area contributed by atoms with E-state index in [1.807, 2.05) is 37.3 Å². The Hall–Kier alpha value is -4.17. The van der Waals surface area contributed by atoms with Crippen molar-refractivity contribution in [1.29, 1.82) is 0 Å². The molecular weight excluding hydrogens is 698 g/mol. The number of methoxy groups -OCH3 is 4. The zero-order valence-electron chi connectivity index (χ0n) is 23.4. The highest BCUT2D eigenvalue weighted by molar-refractivity contribution is 14.1. The second-order valence-electron chi connectivity index (χ2n) is 7.78. The number of para-hydroxylation sites is 3. The first-order chi connectivity index (χ1) is 20.0. The molecule has 0 aliphatic carbocycles. The molecule has 43 heavy (non-hydrogen) atoms. The molecule has 13 heteroatoms. The summed E-state index contributed by atoms with van der Waals surface area (Å²) in [4.78, 5) is 19.6. The minimum absolute atomic E-state index is 0. The monoisotopic (exact) mass is 730 g/mol. The Morgan fingerprint density at radius 2 is 1.21 bits per heavy atom. The maximum Gasteiger partial charge on any atom is 0.310 e. The molecule has 0 spiro atoms. The number of nitro benzene ring substituents is 2. The molecule has 0 atom stereocenters. The molecule has 0 saturated heterocycles. The van der Waals surface area contributed by atoms with Gasteiger partial charge in [0, 0.05) is 18.2 Å². The molecule has 0 N–H and O–H groups in total. The van der Waals surface area contributed by atoms with Crippen LogP contribution in [0.2, 0.25) is 5.02 Å². The van der Waals surface area contributed by atoms with E-state index in [1.165, 1.54) is 51.7 Å². The Balaban J connectivity index is 0.000000545. The van der Waals surface area contributed by atoms with Crippen molar-refractivity contribution in [2.45, 2.75) is 14.4 Å². The zero-order valence-corrected chi connectivity index (χ0v) is 26.3. The van der Waals surface area contributed by atoms with Gasteiger partial charge in [-0.15, -0.1) is 0 Å². The van der Waals surface area contributed by atoms with Crippen molar-refractivity contribution in [2.75, 3.05) is 28.4 Å². The van der Waals surface area contributed by atoms with E-state index in [4.69, 9.17) is 30.5 Å². The third-order valence-corrected chi connectivity index (χ3v) is 6.18. The number of rotatable bonds is 6. The molecule has 0 radical (unpaired) electrons. The van der Waals surface area contributed by atoms with Gasteiger partial charge in [-0.3, -0.25) is 20.2 Å². The van der Waals surface area contributed by atoms with Crippen LogP contribution in [0.15, 0.2) is 84.9 Å². The second-order valence-corrected chi connectivity index (χ2v) is 9.35. The maximum atomic E-state index is 12.7. The van der Waals surface area contributed by atoms with Crippen LogP contribution in [0.1, 0.15) is 13.0 Å². The highest BCUT2D eigenvalue weighted by Crippen LogP contribution is 2.28. The lowest BCUT2D eigenvalue weighted by atomic mass is 10.2. The zero-order chi connectivity index (χ0) is 31.7. The molecule has 10 nitrogen and oxygen atoms in total. The van der Waals surface area contributed by atoms with E-state index in [-0.39, 0.29) is 35.4 Å². The van der Waals surface area contributed by atoms with Gasteiger partial charge in [-0.1, -0.05) is 49.4 Å². The van der Waals surface area contributed by atoms with Crippen LogP contribution in [-0.2, 0) is 0 Å². The van der Waals surface area contributed by atoms with Crippen molar-refractivity contribution in [3.05, 3.63) is 125 Å². The van der Waals surface area contributed by atoms with Crippen LogP contribution >= 0.6 is 34.2 Å². The first kappa shape index (κ1) is 38.8. The minimum atomic E-state index is -0.509. The SMILES string of the molecule is C.COc1ccc(C)cc1F.COc1ccc([N+](=O)[O-])cc1Cl.COc1ccccc1I.COc1ccccc1[N+](=O)[O-]. The molecular formula is C30H33ClFIN2O8. The Labute approximate surface area is 268 Å². The van der Waals surface area contributed by atoms with Gasteiger partial charge in [0.25, 0.3) is 5.69 Å². The molecule has 0 aliphatic heterocycles. The van der Waals surface area contributed by atoms with Crippen LogP contribution in [0.5, 0.6) is 23.0 Å². The third-order valence-electron chi connectivity index (χ3n) is 4.99. The van der Waals surface area contributed by atoms with E-state index in [0.29, 0.717) is 11.5 Å². The lowest BCUT2D eigenvalue weighted by molar-refractivity contribution is -0.385. The summed E-state index contributed by atoms with van der Waals surface area (Å²) in [5.41, 5.74) is 0.856. The third kappa shape index (κ3) is 13.6. The standard InChI is InChI=1S/C8H9FO.C7H6ClNO3.C7H7IO.C7H7NO3.CH4/c1-6-3-4-8(10-2)7(9)5-6;1-12-7-3-2-5(9(10)11)4-6(7)8;1-9-7-5-3-2-4-6(7)8;1-11-7-5-3-2-4-6(7)8(9)10;/h3-5H,1-2H3;2-4H,1H3;2-5H,1H3;2-5H,1H3;1H4. The molecule has 4 aromatic rings. The quantitative estimate of drug-likeness (QED) is 0.109. The molecule has 0 heterocycles. The molecule has 0 fully saturated rings. The first-order valence-corrected chi connectivity index (χ1v) is 13.3. The molecule has 0 saturated carbocycles. The normalized spacial score (nSPS) is 9.12. The topological polar surface area (TPSA) is 123 Å². The van der Waals surface area contributed by atoms with Gasteiger partial charge in [0.05, 0.1) is 46.9 Å². The van der Waals surface area contributed by atoms with Crippen molar-refractivity contribution in [1.82, 2.24) is 0 Å². The number of hydrogen-bond acceptors (Lipinski definition) is 8. The van der Waals surface area contributed by atoms with Gasteiger partial charge < -0.3 is 18.9 Å². The van der Waals surface area contributed by atoms with Gasteiger partial charge in [0.15, 0.2) is 17.3 Å². The number of non-ortho nitro benzene ring substituents is 1. The van der Waals surface area contributed by atoms with E-state index in [0.717, 1.165) is 14.9 Å². The molecule has 0 bridgehead atoms. The largest absolute Gasteiger partial charge is 0.496 e. The van der Waals surface area contributed by atoms with Gasteiger partial charge in [-0.2, -0.15) is 0 Å². The number of nitrogens with zero attached hydrogens (tertiary/aromatic N) is 2. The molecule has 0 amide bonds. The fourth-order valence-corrected chi connectivity index (χ4v) is 3.79. The summed E-state index contributed by atoms with van der Waals surface area (Å²) in [5, 5.41) is 20.8. The smallest absolute Gasteiger partial charge is 0.310 e. The van der Waals surface area contributed by atoms with Crippen LogP contribution in [0, 0.1) is 36.5 Å². The highest BCUT2D eigenvalue weighted by Gasteiger charge is 2.11. The predicted molar refractivity (Wildman–Crippen MR) is 174 cm³/mol. The number of nitro groups is 2. The van der Waals surface area contributed by atoms with Crippen molar-refractivity contribution < 1.29 is 33.2 Å². The van der Waals surface area contributed by atoms with Gasteiger partial charge in [-0.05, 0) is 71.5 Å². The fourth-order valence-electron chi connectivity index (χ4n) is 2.93. The number of hydrogen-bond donors (Lipinski definition) is 0. The Morgan fingerprint density at radius 3 is 1.63 bits per heavy atom. The van der Waals surface area contributed by atoms with Crippen LogP contribution in [0.4, 0.5) is 15.8 Å². The van der Waals surface area contributed by atoms with Crippen LogP contribution in [-0.4, -0.2) is 38.3 Å². The molecule has 4 aromatic carbocycles. The lowest BCUT2D eigenvalue weighted by Crippen LogP contribution is -1.92.